The van der Waals surface area contributed by atoms with Gasteiger partial charge < -0.3 is 10.5 Å². The van der Waals surface area contributed by atoms with Gasteiger partial charge in [-0.3, -0.25) is 4.72 Å². The summed E-state index contributed by atoms with van der Waals surface area (Å²) in [6, 6.07) is 8.11. The summed E-state index contributed by atoms with van der Waals surface area (Å²) in [7, 11) is -2.52. The van der Waals surface area contributed by atoms with Crippen LogP contribution in [0.1, 0.15) is 5.56 Å². The van der Waals surface area contributed by atoms with E-state index in [1.54, 1.807) is 13.0 Å². The molecule has 0 saturated heterocycles. The summed E-state index contributed by atoms with van der Waals surface area (Å²) in [4.78, 5) is -0.0753. The lowest BCUT2D eigenvalue weighted by Crippen LogP contribution is -2.15. The second-order valence-electron chi connectivity index (χ2n) is 4.48. The Morgan fingerprint density at radius 3 is 2.52 bits per heavy atom. The van der Waals surface area contributed by atoms with Gasteiger partial charge >= 0.3 is 0 Å². The molecule has 0 aliphatic rings. The molecule has 21 heavy (non-hydrogen) atoms. The summed E-state index contributed by atoms with van der Waals surface area (Å²) in [5, 5.41) is 0. The molecule has 0 fully saturated rings. The molecule has 3 N–H and O–H groups in total. The van der Waals surface area contributed by atoms with Gasteiger partial charge in [0.15, 0.2) is 0 Å². The Bertz CT molecular complexity index is 776. The number of rotatable bonds is 4. The molecular weight excluding hydrogens is 295 g/mol. The maximum Gasteiger partial charge on any atom is 0.265 e. The van der Waals surface area contributed by atoms with Crippen molar-refractivity contribution in [3.8, 4) is 5.75 Å². The quantitative estimate of drug-likeness (QED) is 0.850. The molecule has 0 radical (unpaired) electrons. The fourth-order valence-corrected chi connectivity index (χ4v) is 3.18. The molecule has 2 rings (SSSR count). The van der Waals surface area contributed by atoms with E-state index in [0.717, 1.165) is 0 Å². The number of halogens is 1. The molecule has 0 amide bonds. The second kappa shape index (κ2) is 5.61. The first-order chi connectivity index (χ1) is 9.83. The molecule has 0 aliphatic carbocycles. The van der Waals surface area contributed by atoms with Crippen molar-refractivity contribution < 1.29 is 17.5 Å². The molecule has 0 aliphatic heterocycles. The average Bonchev–Trinajstić information content (AvgIpc) is 2.42. The Morgan fingerprint density at radius 2 is 1.90 bits per heavy atom. The maximum atomic E-state index is 13.1. The van der Waals surface area contributed by atoms with Crippen LogP contribution in [0.15, 0.2) is 41.3 Å². The Labute approximate surface area is 122 Å². The van der Waals surface area contributed by atoms with Crippen LogP contribution in [0.3, 0.4) is 0 Å². The summed E-state index contributed by atoms with van der Waals surface area (Å²) in [6.45, 7) is 1.61. The molecule has 0 unspecified atom stereocenters. The van der Waals surface area contributed by atoms with Crippen molar-refractivity contribution in [2.75, 3.05) is 17.6 Å². The Hall–Kier alpha value is -2.28. The lowest BCUT2D eigenvalue weighted by molar-refractivity contribution is 0.403. The van der Waals surface area contributed by atoms with Crippen LogP contribution in [-0.2, 0) is 10.0 Å². The van der Waals surface area contributed by atoms with Gasteiger partial charge in [0, 0.05) is 5.69 Å². The number of methoxy groups -OCH3 is 1. The van der Waals surface area contributed by atoms with Gasteiger partial charge in [0.25, 0.3) is 10.0 Å². The standard InChI is InChI=1S/C14H15FN2O3S/c1-9-7-10(15)3-5-12(9)17-21(18,19)14-8-11(16)4-6-13(14)20-2/h3-8,17H,16H2,1-2H3. The smallest absolute Gasteiger partial charge is 0.265 e. The van der Waals surface area contributed by atoms with E-state index in [1.807, 2.05) is 0 Å². The number of ether oxygens (including phenoxy) is 1. The number of nitrogens with two attached hydrogens (primary N) is 1. The number of hydrogen-bond donors (Lipinski definition) is 2. The van der Waals surface area contributed by atoms with Crippen LogP contribution in [0.2, 0.25) is 0 Å². The maximum absolute atomic E-state index is 13.1. The van der Waals surface area contributed by atoms with E-state index >= 15 is 0 Å². The number of benzene rings is 2. The minimum atomic E-state index is -3.89. The lowest BCUT2D eigenvalue weighted by atomic mass is 10.2. The van der Waals surface area contributed by atoms with Gasteiger partial charge in [-0.1, -0.05) is 0 Å². The number of aryl methyl sites for hydroxylation is 1. The van der Waals surface area contributed by atoms with Crippen LogP contribution in [0.4, 0.5) is 15.8 Å². The van der Waals surface area contributed by atoms with Gasteiger partial charge in [-0.2, -0.15) is 0 Å². The van der Waals surface area contributed by atoms with Gasteiger partial charge in [-0.25, -0.2) is 12.8 Å². The normalized spacial score (nSPS) is 11.2. The zero-order valence-corrected chi connectivity index (χ0v) is 12.4. The molecule has 0 spiro atoms. The molecule has 7 heteroatoms. The van der Waals surface area contributed by atoms with E-state index in [0.29, 0.717) is 16.9 Å². The van der Waals surface area contributed by atoms with Crippen LogP contribution < -0.4 is 15.2 Å². The molecule has 0 saturated carbocycles. The van der Waals surface area contributed by atoms with Crippen molar-refractivity contribution in [3.63, 3.8) is 0 Å². The van der Waals surface area contributed by atoms with Crippen molar-refractivity contribution >= 4 is 21.4 Å². The van der Waals surface area contributed by atoms with E-state index in [2.05, 4.69) is 4.72 Å². The molecule has 2 aromatic carbocycles. The number of nitrogens with one attached hydrogen (secondary N) is 1. The molecule has 0 heterocycles. The minimum Gasteiger partial charge on any atom is -0.495 e. The van der Waals surface area contributed by atoms with E-state index in [1.165, 1.54) is 37.4 Å². The Kier molecular flexibility index (Phi) is 4.04. The first kappa shape index (κ1) is 15.1. The SMILES string of the molecule is COc1ccc(N)cc1S(=O)(=O)Nc1ccc(F)cc1C. The highest BCUT2D eigenvalue weighted by atomic mass is 32.2. The van der Waals surface area contributed by atoms with Crippen molar-refractivity contribution in [2.24, 2.45) is 0 Å². The van der Waals surface area contributed by atoms with Gasteiger partial charge in [0.2, 0.25) is 0 Å². The predicted molar refractivity (Wildman–Crippen MR) is 79.4 cm³/mol. The molecule has 5 nitrogen and oxygen atoms in total. The van der Waals surface area contributed by atoms with Crippen molar-refractivity contribution in [1.29, 1.82) is 0 Å². The van der Waals surface area contributed by atoms with Gasteiger partial charge in [0.1, 0.15) is 16.5 Å². The first-order valence-corrected chi connectivity index (χ1v) is 7.54. The summed E-state index contributed by atoms with van der Waals surface area (Å²) in [5.74, 6) is -0.256. The molecule has 0 atom stereocenters. The third-order valence-electron chi connectivity index (χ3n) is 2.91. The zero-order valence-electron chi connectivity index (χ0n) is 11.6. The second-order valence-corrected chi connectivity index (χ2v) is 6.13. The van der Waals surface area contributed by atoms with Gasteiger partial charge in [-0.05, 0) is 48.9 Å². The van der Waals surface area contributed by atoms with E-state index in [4.69, 9.17) is 10.5 Å². The lowest BCUT2D eigenvalue weighted by Gasteiger charge is -2.13. The molecule has 0 aromatic heterocycles. The topological polar surface area (TPSA) is 81.4 Å². The van der Waals surface area contributed by atoms with Crippen LogP contribution in [0.5, 0.6) is 5.75 Å². The number of hydrogen-bond acceptors (Lipinski definition) is 4. The summed E-state index contributed by atoms with van der Waals surface area (Å²) in [6.07, 6.45) is 0. The predicted octanol–water partition coefficient (Wildman–Crippen LogP) is 2.53. The molecule has 0 bridgehead atoms. The van der Waals surface area contributed by atoms with Crippen LogP contribution in [-0.4, -0.2) is 15.5 Å². The Balaban J connectivity index is 2.45. The average molecular weight is 310 g/mol. The Morgan fingerprint density at radius 1 is 1.19 bits per heavy atom. The largest absolute Gasteiger partial charge is 0.495 e. The summed E-state index contributed by atoms with van der Waals surface area (Å²) in [5.41, 5.74) is 6.69. The van der Waals surface area contributed by atoms with Crippen LogP contribution in [0, 0.1) is 12.7 Å². The number of anilines is 2. The number of sulfonamides is 1. The highest BCUT2D eigenvalue weighted by Crippen LogP contribution is 2.28. The molecular formula is C14H15FN2O3S. The molecule has 112 valence electrons. The van der Waals surface area contributed by atoms with E-state index in [-0.39, 0.29) is 10.6 Å². The fraction of sp³-hybridized carbons (Fsp3) is 0.143. The van der Waals surface area contributed by atoms with E-state index < -0.39 is 15.8 Å². The fourth-order valence-electron chi connectivity index (χ4n) is 1.84. The third kappa shape index (κ3) is 3.25. The minimum absolute atomic E-state index is 0.0753. The monoisotopic (exact) mass is 310 g/mol. The number of nitrogen functional groups attached to an aromatic ring is 1. The van der Waals surface area contributed by atoms with Gasteiger partial charge in [0.05, 0.1) is 12.8 Å². The van der Waals surface area contributed by atoms with Crippen LogP contribution >= 0.6 is 0 Å². The van der Waals surface area contributed by atoms with E-state index in [9.17, 15) is 12.8 Å². The highest BCUT2D eigenvalue weighted by Gasteiger charge is 2.20. The first-order valence-electron chi connectivity index (χ1n) is 6.06. The van der Waals surface area contributed by atoms with Crippen molar-refractivity contribution in [3.05, 3.63) is 47.8 Å². The van der Waals surface area contributed by atoms with Crippen molar-refractivity contribution in [2.45, 2.75) is 11.8 Å². The third-order valence-corrected chi connectivity index (χ3v) is 4.30. The highest BCUT2D eigenvalue weighted by molar-refractivity contribution is 7.92. The summed E-state index contributed by atoms with van der Waals surface area (Å²) < 4.78 is 45.4. The zero-order chi connectivity index (χ0) is 15.6. The van der Waals surface area contributed by atoms with Crippen LogP contribution in [0.25, 0.3) is 0 Å². The van der Waals surface area contributed by atoms with Crippen molar-refractivity contribution in [1.82, 2.24) is 0 Å². The molecule has 2 aromatic rings. The summed E-state index contributed by atoms with van der Waals surface area (Å²) >= 11 is 0. The van der Waals surface area contributed by atoms with Gasteiger partial charge in [-0.15, -0.1) is 0 Å².